The first kappa shape index (κ1) is 44.7. The van der Waals surface area contributed by atoms with Crippen molar-refractivity contribution in [3.8, 4) is 0 Å². The molecule has 0 radical (unpaired) electrons. The zero-order valence-electron chi connectivity index (χ0n) is 30.1. The van der Waals surface area contributed by atoms with E-state index in [0.29, 0.717) is 19.3 Å². The van der Waals surface area contributed by atoms with Crippen molar-refractivity contribution in [2.24, 2.45) is 0 Å². The van der Waals surface area contributed by atoms with Gasteiger partial charge in [0.2, 0.25) is 5.91 Å². The second kappa shape index (κ2) is 29.4. The minimum atomic E-state index is -1.61. The van der Waals surface area contributed by atoms with Crippen LogP contribution in [0.15, 0.2) is 24.3 Å². The summed E-state index contributed by atoms with van der Waals surface area (Å²) in [5, 5.41) is 64.2. The summed E-state index contributed by atoms with van der Waals surface area (Å²) >= 11 is 0. The van der Waals surface area contributed by atoms with Gasteiger partial charge in [-0.2, -0.15) is 0 Å². The van der Waals surface area contributed by atoms with Crippen LogP contribution in [0.3, 0.4) is 0 Å². The van der Waals surface area contributed by atoms with Crippen LogP contribution in [0, 0.1) is 0 Å². The number of unbranched alkanes of at least 4 members (excludes halogenated alkanes) is 17. The molecule has 0 aromatic rings. The Hall–Kier alpha value is -1.37. The molecule has 8 atom stereocenters. The third-order valence-electron chi connectivity index (χ3n) is 9.14. The summed E-state index contributed by atoms with van der Waals surface area (Å²) in [5.74, 6) is -0.630. The highest BCUT2D eigenvalue weighted by atomic mass is 16.7. The molecule has 48 heavy (non-hydrogen) atoms. The lowest BCUT2D eigenvalue weighted by Gasteiger charge is -2.40. The highest BCUT2D eigenvalue weighted by molar-refractivity contribution is 5.80. The molecule has 1 amide bonds. The van der Waals surface area contributed by atoms with Crippen LogP contribution in [0.4, 0.5) is 0 Å². The van der Waals surface area contributed by atoms with Crippen molar-refractivity contribution in [3.05, 3.63) is 24.3 Å². The second-order valence-corrected chi connectivity index (χ2v) is 13.5. The Labute approximate surface area is 291 Å². The SMILES string of the molecule is CCCCCCCCCC=CCCC=CC(O)C(COC1OC(CO)C(O)C(O)C1O)NC(=O)C(O)CCCCCCCCCCCC. The summed E-state index contributed by atoms with van der Waals surface area (Å²) in [7, 11) is 0. The fourth-order valence-electron chi connectivity index (χ4n) is 5.88. The largest absolute Gasteiger partial charge is 0.394 e. The van der Waals surface area contributed by atoms with E-state index in [1.807, 2.05) is 6.08 Å². The summed E-state index contributed by atoms with van der Waals surface area (Å²) in [6.07, 6.45) is 21.3. The van der Waals surface area contributed by atoms with E-state index in [9.17, 15) is 35.4 Å². The first-order valence-corrected chi connectivity index (χ1v) is 19.2. The third kappa shape index (κ3) is 20.3. The number of allylic oxidation sites excluding steroid dienone is 3. The topological polar surface area (TPSA) is 169 Å². The lowest BCUT2D eigenvalue weighted by molar-refractivity contribution is -0.302. The van der Waals surface area contributed by atoms with Crippen LogP contribution >= 0.6 is 0 Å². The number of carbonyl (C=O) groups excluding carboxylic acids is 1. The molecule has 8 unspecified atom stereocenters. The molecule has 1 aliphatic heterocycles. The van der Waals surface area contributed by atoms with Gasteiger partial charge >= 0.3 is 0 Å². The number of nitrogens with one attached hydrogen (secondary N) is 1. The van der Waals surface area contributed by atoms with Gasteiger partial charge in [0, 0.05) is 0 Å². The first-order chi connectivity index (χ1) is 23.3. The lowest BCUT2D eigenvalue weighted by atomic mass is 9.99. The lowest BCUT2D eigenvalue weighted by Crippen LogP contribution is -2.60. The molecule has 10 nitrogen and oxygen atoms in total. The first-order valence-electron chi connectivity index (χ1n) is 19.2. The standard InChI is InChI=1S/C38H71NO9/c1-3-5-7-9-11-13-15-16-17-19-20-22-24-26-31(41)30(29-47-38-36(45)35(44)34(43)33(28-40)48-38)39-37(46)32(42)27-25-23-21-18-14-12-10-8-6-4-2/h17,19,24,26,30-36,38,40-45H,3-16,18,20-23,25,27-29H2,1-2H3,(H,39,46). The van der Waals surface area contributed by atoms with E-state index in [1.54, 1.807) is 6.08 Å². The number of amides is 1. The number of aliphatic hydroxyl groups excluding tert-OH is 6. The van der Waals surface area contributed by atoms with E-state index in [2.05, 4.69) is 31.3 Å². The van der Waals surface area contributed by atoms with E-state index in [1.165, 1.54) is 83.5 Å². The predicted molar refractivity (Wildman–Crippen MR) is 190 cm³/mol. The Balaban J connectivity index is 2.57. The summed E-state index contributed by atoms with van der Waals surface area (Å²) in [5.41, 5.74) is 0. The van der Waals surface area contributed by atoms with Crippen LogP contribution < -0.4 is 5.32 Å². The van der Waals surface area contributed by atoms with Gasteiger partial charge in [0.1, 0.15) is 30.5 Å². The molecular formula is C38H71NO9. The van der Waals surface area contributed by atoms with Crippen LogP contribution in [0.2, 0.25) is 0 Å². The minimum Gasteiger partial charge on any atom is -0.394 e. The number of ether oxygens (including phenoxy) is 2. The summed E-state index contributed by atoms with van der Waals surface area (Å²) < 4.78 is 11.1. The van der Waals surface area contributed by atoms with Crippen LogP contribution in [0.1, 0.15) is 149 Å². The Kier molecular flexibility index (Phi) is 27.3. The highest BCUT2D eigenvalue weighted by Crippen LogP contribution is 2.22. The number of aliphatic hydroxyl groups is 6. The fraction of sp³-hybridized carbons (Fsp3) is 0.868. The van der Waals surface area contributed by atoms with Gasteiger partial charge in [0.15, 0.2) is 6.29 Å². The molecule has 282 valence electrons. The van der Waals surface area contributed by atoms with Gasteiger partial charge in [-0.05, 0) is 32.1 Å². The van der Waals surface area contributed by atoms with Crippen molar-refractivity contribution in [2.45, 2.75) is 198 Å². The van der Waals surface area contributed by atoms with Gasteiger partial charge in [0.25, 0.3) is 0 Å². The summed E-state index contributed by atoms with van der Waals surface area (Å²) in [6, 6.07) is -0.989. The molecule has 0 aliphatic carbocycles. The maximum atomic E-state index is 12.9. The van der Waals surface area contributed by atoms with Crippen molar-refractivity contribution >= 4 is 5.91 Å². The molecule has 1 fully saturated rings. The van der Waals surface area contributed by atoms with Crippen molar-refractivity contribution in [1.29, 1.82) is 0 Å². The van der Waals surface area contributed by atoms with Gasteiger partial charge in [-0.1, -0.05) is 141 Å². The number of rotatable bonds is 30. The van der Waals surface area contributed by atoms with Crippen molar-refractivity contribution < 1.29 is 44.9 Å². The zero-order valence-corrected chi connectivity index (χ0v) is 30.1. The van der Waals surface area contributed by atoms with Crippen molar-refractivity contribution in [2.75, 3.05) is 13.2 Å². The van der Waals surface area contributed by atoms with E-state index < -0.39 is 61.5 Å². The molecule has 1 saturated heterocycles. The fourth-order valence-corrected chi connectivity index (χ4v) is 5.88. The minimum absolute atomic E-state index is 0.305. The second-order valence-electron chi connectivity index (χ2n) is 13.5. The smallest absolute Gasteiger partial charge is 0.249 e. The zero-order chi connectivity index (χ0) is 35.4. The molecule has 7 N–H and O–H groups in total. The predicted octanol–water partition coefficient (Wildman–Crippen LogP) is 5.35. The highest BCUT2D eigenvalue weighted by Gasteiger charge is 2.44. The molecular weight excluding hydrogens is 614 g/mol. The average Bonchev–Trinajstić information content (AvgIpc) is 3.08. The molecule has 1 aliphatic rings. The van der Waals surface area contributed by atoms with Gasteiger partial charge in [-0.25, -0.2) is 0 Å². The van der Waals surface area contributed by atoms with E-state index >= 15 is 0 Å². The van der Waals surface area contributed by atoms with Gasteiger partial charge in [-0.15, -0.1) is 0 Å². The van der Waals surface area contributed by atoms with Crippen molar-refractivity contribution in [1.82, 2.24) is 5.32 Å². The Morgan fingerprint density at radius 2 is 1.23 bits per heavy atom. The summed E-state index contributed by atoms with van der Waals surface area (Å²) in [6.45, 7) is 3.52. The molecule has 0 aromatic carbocycles. The summed E-state index contributed by atoms with van der Waals surface area (Å²) in [4.78, 5) is 12.9. The molecule has 0 bridgehead atoms. The molecule has 1 heterocycles. The van der Waals surface area contributed by atoms with E-state index in [-0.39, 0.29) is 6.61 Å². The maximum absolute atomic E-state index is 12.9. The third-order valence-corrected chi connectivity index (χ3v) is 9.14. The molecule has 10 heteroatoms. The van der Waals surface area contributed by atoms with E-state index in [0.717, 1.165) is 32.1 Å². The quantitative estimate of drug-likeness (QED) is 0.0389. The van der Waals surface area contributed by atoms with Crippen LogP contribution in [-0.2, 0) is 14.3 Å². The Morgan fingerprint density at radius 1 is 0.708 bits per heavy atom. The molecule has 1 rings (SSSR count). The molecule has 0 saturated carbocycles. The molecule has 0 aromatic heterocycles. The maximum Gasteiger partial charge on any atom is 0.249 e. The van der Waals surface area contributed by atoms with Gasteiger partial charge in [-0.3, -0.25) is 4.79 Å². The number of hydrogen-bond donors (Lipinski definition) is 7. The van der Waals surface area contributed by atoms with Crippen LogP contribution in [0.25, 0.3) is 0 Å². The number of hydrogen-bond acceptors (Lipinski definition) is 9. The average molecular weight is 686 g/mol. The van der Waals surface area contributed by atoms with E-state index in [4.69, 9.17) is 9.47 Å². The van der Waals surface area contributed by atoms with Crippen molar-refractivity contribution in [3.63, 3.8) is 0 Å². The molecule has 0 spiro atoms. The van der Waals surface area contributed by atoms with Gasteiger partial charge in [0.05, 0.1) is 25.4 Å². The number of carbonyl (C=O) groups is 1. The Bertz CT molecular complexity index is 824. The normalized spacial score (nSPS) is 23.5. The van der Waals surface area contributed by atoms with Gasteiger partial charge < -0.3 is 45.4 Å². The Morgan fingerprint density at radius 3 is 1.81 bits per heavy atom. The van der Waals surface area contributed by atoms with Crippen LogP contribution in [-0.4, -0.2) is 98.7 Å². The van der Waals surface area contributed by atoms with Crippen LogP contribution in [0.5, 0.6) is 0 Å². The monoisotopic (exact) mass is 686 g/mol.